The van der Waals surface area contributed by atoms with Gasteiger partial charge >= 0.3 is 5.69 Å². The zero-order valence-corrected chi connectivity index (χ0v) is 19.4. The summed E-state index contributed by atoms with van der Waals surface area (Å²) in [5, 5.41) is 2.98. The molecule has 0 saturated heterocycles. The lowest BCUT2D eigenvalue weighted by atomic mass is 10.1. The average Bonchev–Trinajstić information content (AvgIpc) is 3.72. The highest BCUT2D eigenvalue weighted by Crippen LogP contribution is 2.39. The summed E-state index contributed by atoms with van der Waals surface area (Å²) in [4.78, 5) is 45.0. The molecule has 2 heterocycles. The lowest BCUT2D eigenvalue weighted by Gasteiger charge is -2.14. The number of amides is 1. The molecule has 178 valence electrons. The van der Waals surface area contributed by atoms with E-state index in [1.165, 1.54) is 4.57 Å². The highest BCUT2D eigenvalue weighted by Gasteiger charge is 2.28. The maximum Gasteiger partial charge on any atom is 0.329 e. The van der Waals surface area contributed by atoms with Crippen LogP contribution < -0.4 is 21.3 Å². The number of nitrogens with one attached hydrogen (secondary N) is 2. The van der Waals surface area contributed by atoms with Crippen molar-refractivity contribution in [3.63, 3.8) is 0 Å². The summed E-state index contributed by atoms with van der Waals surface area (Å²) in [6.07, 6.45) is 1.96. The van der Waals surface area contributed by atoms with Gasteiger partial charge in [0, 0.05) is 23.7 Å². The van der Waals surface area contributed by atoms with Gasteiger partial charge in [-0.25, -0.2) is 9.78 Å². The maximum atomic E-state index is 13.2. The van der Waals surface area contributed by atoms with E-state index in [1.807, 2.05) is 54.6 Å². The number of aromatic nitrogens is 3. The fraction of sp³-hybridized carbons (Fsp3) is 0.259. The van der Waals surface area contributed by atoms with E-state index >= 15 is 0 Å². The second-order valence-electron chi connectivity index (χ2n) is 8.54. The number of hydrogen-bond acceptors (Lipinski definition) is 5. The quantitative estimate of drug-likeness (QED) is 0.384. The maximum absolute atomic E-state index is 13.2. The molecule has 1 amide bonds. The van der Waals surface area contributed by atoms with Crippen LogP contribution in [0.3, 0.4) is 0 Å². The van der Waals surface area contributed by atoms with Gasteiger partial charge in [0.05, 0.1) is 17.5 Å². The lowest BCUT2D eigenvalue weighted by Crippen LogP contribution is -2.34. The van der Waals surface area contributed by atoms with Gasteiger partial charge in [0.25, 0.3) is 11.5 Å². The molecule has 1 saturated carbocycles. The predicted molar refractivity (Wildman–Crippen MR) is 134 cm³/mol. The highest BCUT2D eigenvalue weighted by atomic mass is 16.5. The van der Waals surface area contributed by atoms with Gasteiger partial charge in [-0.05, 0) is 37.5 Å². The molecule has 0 atom stereocenters. The van der Waals surface area contributed by atoms with Gasteiger partial charge in [-0.1, -0.05) is 48.5 Å². The number of H-pyrrole nitrogens is 1. The Hall–Kier alpha value is -4.20. The molecule has 8 heteroatoms. The van der Waals surface area contributed by atoms with Crippen molar-refractivity contribution in [1.82, 2.24) is 19.9 Å². The van der Waals surface area contributed by atoms with E-state index in [4.69, 9.17) is 4.74 Å². The SMILES string of the molecule is CCn1c(=O)[nH]c(=O)c2c(C(=O)NCCOc3ccccc3-c3ccccc3)cc(C3CC3)nc21. The van der Waals surface area contributed by atoms with E-state index < -0.39 is 17.2 Å². The molecule has 35 heavy (non-hydrogen) atoms. The number of rotatable bonds is 8. The molecule has 8 nitrogen and oxygen atoms in total. The van der Waals surface area contributed by atoms with Crippen LogP contribution in [0, 0.1) is 0 Å². The van der Waals surface area contributed by atoms with E-state index in [9.17, 15) is 14.4 Å². The van der Waals surface area contributed by atoms with Crippen LogP contribution in [-0.4, -0.2) is 33.6 Å². The molecule has 0 spiro atoms. The number of pyridine rings is 1. The minimum absolute atomic E-state index is 0.128. The Morgan fingerprint density at radius 2 is 1.86 bits per heavy atom. The largest absolute Gasteiger partial charge is 0.491 e. The Morgan fingerprint density at radius 1 is 1.11 bits per heavy atom. The Labute approximate surface area is 201 Å². The van der Waals surface area contributed by atoms with Crippen LogP contribution in [-0.2, 0) is 6.54 Å². The normalized spacial score (nSPS) is 13.1. The predicted octanol–water partition coefficient (Wildman–Crippen LogP) is 3.46. The van der Waals surface area contributed by atoms with Crippen molar-refractivity contribution in [3.8, 4) is 16.9 Å². The standard InChI is InChI=1S/C27H26N4O4/c1-2-31-24-23(26(33)30-27(31)34)20(16-21(29-24)18-12-13-18)25(32)28-14-15-35-22-11-7-6-10-19(22)17-8-4-3-5-9-17/h3-11,16,18H,2,12-15H2,1H3,(H,28,32)(H,30,33,34). The fourth-order valence-corrected chi connectivity index (χ4v) is 4.22. The molecule has 4 aromatic rings. The second-order valence-corrected chi connectivity index (χ2v) is 8.54. The number of ether oxygens (including phenoxy) is 1. The molecule has 1 aliphatic rings. The van der Waals surface area contributed by atoms with Crippen molar-refractivity contribution in [3.05, 3.63) is 92.8 Å². The number of benzene rings is 2. The molecule has 1 aliphatic carbocycles. The van der Waals surface area contributed by atoms with Crippen molar-refractivity contribution in [1.29, 1.82) is 0 Å². The number of nitrogens with zero attached hydrogens (tertiary/aromatic N) is 2. The van der Waals surface area contributed by atoms with Crippen molar-refractivity contribution >= 4 is 16.9 Å². The zero-order chi connectivity index (χ0) is 24.4. The second kappa shape index (κ2) is 9.58. The molecule has 5 rings (SSSR count). The molecule has 1 fully saturated rings. The molecule has 0 aliphatic heterocycles. The van der Waals surface area contributed by atoms with E-state index in [1.54, 1.807) is 13.0 Å². The first-order chi connectivity index (χ1) is 17.1. The number of carbonyl (C=O) groups is 1. The van der Waals surface area contributed by atoms with Gasteiger partial charge < -0.3 is 10.1 Å². The number of fused-ring (bicyclic) bond motifs is 1. The molecule has 2 aromatic carbocycles. The van der Waals surface area contributed by atoms with Crippen LogP contribution in [0.5, 0.6) is 5.75 Å². The van der Waals surface area contributed by atoms with Crippen molar-refractivity contribution in [2.45, 2.75) is 32.2 Å². The van der Waals surface area contributed by atoms with Crippen LogP contribution in [0.1, 0.15) is 41.7 Å². The third kappa shape index (κ3) is 4.59. The first-order valence-corrected chi connectivity index (χ1v) is 11.8. The lowest BCUT2D eigenvalue weighted by molar-refractivity contribution is 0.0948. The summed E-state index contributed by atoms with van der Waals surface area (Å²) in [6.45, 7) is 2.64. The summed E-state index contributed by atoms with van der Waals surface area (Å²) in [5.41, 5.74) is 2.10. The smallest absolute Gasteiger partial charge is 0.329 e. The third-order valence-electron chi connectivity index (χ3n) is 6.14. The number of hydrogen-bond donors (Lipinski definition) is 2. The van der Waals surface area contributed by atoms with Gasteiger partial charge in [0.15, 0.2) is 5.65 Å². The van der Waals surface area contributed by atoms with E-state index in [-0.39, 0.29) is 35.7 Å². The first kappa shape index (κ1) is 22.6. The fourth-order valence-electron chi connectivity index (χ4n) is 4.22. The minimum Gasteiger partial charge on any atom is -0.491 e. The summed E-state index contributed by atoms with van der Waals surface area (Å²) < 4.78 is 7.36. The van der Waals surface area contributed by atoms with Gasteiger partial charge in [-0.3, -0.25) is 19.1 Å². The van der Waals surface area contributed by atoms with E-state index in [2.05, 4.69) is 15.3 Å². The first-order valence-electron chi connectivity index (χ1n) is 11.8. The number of aromatic amines is 1. The van der Waals surface area contributed by atoms with Gasteiger partial charge in [0.2, 0.25) is 0 Å². The monoisotopic (exact) mass is 470 g/mol. The Morgan fingerprint density at radius 3 is 2.60 bits per heavy atom. The van der Waals surface area contributed by atoms with Crippen LogP contribution in [0.4, 0.5) is 0 Å². The molecule has 2 aromatic heterocycles. The van der Waals surface area contributed by atoms with Crippen LogP contribution >= 0.6 is 0 Å². The number of para-hydroxylation sites is 1. The molecule has 0 unspecified atom stereocenters. The number of carbonyl (C=O) groups excluding carboxylic acids is 1. The summed E-state index contributed by atoms with van der Waals surface area (Å²) >= 11 is 0. The van der Waals surface area contributed by atoms with Crippen LogP contribution in [0.2, 0.25) is 0 Å². The minimum atomic E-state index is -0.609. The Kier molecular flexibility index (Phi) is 6.18. The number of aryl methyl sites for hydroxylation is 1. The Balaban J connectivity index is 1.36. The van der Waals surface area contributed by atoms with Gasteiger partial charge in [0.1, 0.15) is 12.4 Å². The van der Waals surface area contributed by atoms with Crippen LogP contribution in [0.15, 0.2) is 70.3 Å². The van der Waals surface area contributed by atoms with E-state index in [0.717, 1.165) is 35.4 Å². The third-order valence-corrected chi connectivity index (χ3v) is 6.14. The highest BCUT2D eigenvalue weighted by molar-refractivity contribution is 6.05. The Bertz CT molecular complexity index is 1500. The van der Waals surface area contributed by atoms with E-state index in [0.29, 0.717) is 6.54 Å². The topological polar surface area (TPSA) is 106 Å². The van der Waals surface area contributed by atoms with Crippen molar-refractivity contribution in [2.24, 2.45) is 0 Å². The molecule has 0 bridgehead atoms. The van der Waals surface area contributed by atoms with Crippen molar-refractivity contribution in [2.75, 3.05) is 13.2 Å². The van der Waals surface area contributed by atoms with Crippen LogP contribution in [0.25, 0.3) is 22.2 Å². The summed E-state index contributed by atoms with van der Waals surface area (Å²) in [5.74, 6) is 0.580. The summed E-state index contributed by atoms with van der Waals surface area (Å²) in [7, 11) is 0. The molecule has 2 N–H and O–H groups in total. The van der Waals surface area contributed by atoms with Gasteiger partial charge in [-0.2, -0.15) is 0 Å². The summed E-state index contributed by atoms with van der Waals surface area (Å²) in [6, 6.07) is 19.4. The molecular formula is C27H26N4O4. The zero-order valence-electron chi connectivity index (χ0n) is 19.4. The average molecular weight is 471 g/mol. The molecule has 0 radical (unpaired) electrons. The van der Waals surface area contributed by atoms with Crippen molar-refractivity contribution < 1.29 is 9.53 Å². The van der Waals surface area contributed by atoms with Gasteiger partial charge in [-0.15, -0.1) is 0 Å². The molecular weight excluding hydrogens is 444 g/mol.